The van der Waals surface area contributed by atoms with E-state index in [4.69, 9.17) is 16.3 Å². The number of hydrogen-bond donors (Lipinski definition) is 0. The smallest absolute Gasteiger partial charge is 0.225 e. The van der Waals surface area contributed by atoms with Crippen LogP contribution in [-0.2, 0) is 0 Å². The molecule has 1 aliphatic carbocycles. The van der Waals surface area contributed by atoms with Gasteiger partial charge < -0.3 is 4.74 Å². The maximum absolute atomic E-state index is 5.67. The van der Waals surface area contributed by atoms with Crippen molar-refractivity contribution in [2.45, 2.75) is 26.2 Å². The molecule has 1 aromatic rings. The molecule has 1 heterocycles. The number of ether oxygens (including phenoxy) is 1. The third-order valence-electron chi connectivity index (χ3n) is 2.36. The highest BCUT2D eigenvalue weighted by Gasteiger charge is 2.20. The maximum Gasteiger partial charge on any atom is 0.225 e. The fourth-order valence-corrected chi connectivity index (χ4v) is 1.41. The van der Waals surface area contributed by atoms with Crippen molar-refractivity contribution < 1.29 is 4.74 Å². The summed E-state index contributed by atoms with van der Waals surface area (Å²) in [5, 5.41) is 0.247. The third kappa shape index (κ3) is 2.58. The van der Waals surface area contributed by atoms with E-state index in [9.17, 15) is 0 Å². The summed E-state index contributed by atoms with van der Waals surface area (Å²) >= 11 is 5.67. The van der Waals surface area contributed by atoms with E-state index in [-0.39, 0.29) is 5.28 Å². The highest BCUT2D eigenvalue weighted by Crippen LogP contribution is 2.32. The molecule has 0 N–H and O–H groups in total. The van der Waals surface area contributed by atoms with Gasteiger partial charge in [0.15, 0.2) is 0 Å². The first-order valence-electron chi connectivity index (χ1n) is 4.87. The Labute approximate surface area is 88.5 Å². The Morgan fingerprint density at radius 2 is 2.36 bits per heavy atom. The van der Waals surface area contributed by atoms with E-state index in [1.807, 2.05) is 6.92 Å². The van der Waals surface area contributed by atoms with Gasteiger partial charge in [-0.05, 0) is 30.9 Å². The molecule has 14 heavy (non-hydrogen) atoms. The Kier molecular flexibility index (Phi) is 2.87. The van der Waals surface area contributed by atoms with E-state index in [2.05, 4.69) is 9.97 Å². The molecule has 0 bridgehead atoms. The quantitative estimate of drug-likeness (QED) is 0.720. The van der Waals surface area contributed by atoms with Gasteiger partial charge in [-0.1, -0.05) is 12.8 Å². The van der Waals surface area contributed by atoms with Crippen molar-refractivity contribution in [2.75, 3.05) is 6.61 Å². The minimum absolute atomic E-state index is 0.247. The number of nitrogens with zero attached hydrogens (tertiary/aromatic N) is 2. The van der Waals surface area contributed by atoms with Gasteiger partial charge in [0.1, 0.15) is 0 Å². The van der Waals surface area contributed by atoms with Gasteiger partial charge in [0.25, 0.3) is 0 Å². The Bertz CT molecular complexity index is 326. The van der Waals surface area contributed by atoms with Crippen LogP contribution in [0.2, 0.25) is 5.28 Å². The predicted octanol–water partition coefficient (Wildman–Crippen LogP) is 2.62. The van der Waals surface area contributed by atoms with Crippen molar-refractivity contribution >= 4 is 11.6 Å². The lowest BCUT2D eigenvalue weighted by Gasteiger charge is -2.06. The van der Waals surface area contributed by atoms with Crippen LogP contribution in [0.5, 0.6) is 5.88 Å². The van der Waals surface area contributed by atoms with Gasteiger partial charge in [-0.2, -0.15) is 4.98 Å². The van der Waals surface area contributed by atoms with Crippen molar-refractivity contribution in [3.63, 3.8) is 0 Å². The number of aromatic nitrogens is 2. The second kappa shape index (κ2) is 4.13. The second-order valence-electron chi connectivity index (χ2n) is 3.71. The molecule has 0 aromatic carbocycles. The molecule has 0 amide bonds. The van der Waals surface area contributed by atoms with E-state index in [1.165, 1.54) is 12.8 Å². The maximum atomic E-state index is 5.67. The Morgan fingerprint density at radius 1 is 1.57 bits per heavy atom. The van der Waals surface area contributed by atoms with Crippen molar-refractivity contribution in [3.05, 3.63) is 17.0 Å². The molecule has 76 valence electrons. The second-order valence-corrected chi connectivity index (χ2v) is 4.05. The van der Waals surface area contributed by atoms with Gasteiger partial charge >= 0.3 is 0 Å². The molecular formula is C10H13ClN2O. The topological polar surface area (TPSA) is 35.0 Å². The van der Waals surface area contributed by atoms with Gasteiger partial charge in [-0.25, -0.2) is 4.98 Å². The van der Waals surface area contributed by atoms with Gasteiger partial charge in [0, 0.05) is 11.8 Å². The zero-order valence-corrected chi connectivity index (χ0v) is 8.92. The van der Waals surface area contributed by atoms with Crippen LogP contribution in [0.3, 0.4) is 0 Å². The molecular weight excluding hydrogens is 200 g/mol. The van der Waals surface area contributed by atoms with Gasteiger partial charge in [-0.15, -0.1) is 0 Å². The molecule has 0 spiro atoms. The van der Waals surface area contributed by atoms with Crippen LogP contribution in [0.15, 0.2) is 6.20 Å². The van der Waals surface area contributed by atoms with Crippen LogP contribution in [-0.4, -0.2) is 16.6 Å². The summed E-state index contributed by atoms with van der Waals surface area (Å²) in [7, 11) is 0. The van der Waals surface area contributed by atoms with E-state index in [0.29, 0.717) is 5.88 Å². The fourth-order valence-electron chi connectivity index (χ4n) is 1.28. The number of aryl methyl sites for hydroxylation is 1. The van der Waals surface area contributed by atoms with E-state index in [1.54, 1.807) is 6.20 Å². The minimum atomic E-state index is 0.247. The normalized spacial score (nSPS) is 15.6. The Morgan fingerprint density at radius 3 is 3.07 bits per heavy atom. The molecule has 0 aliphatic heterocycles. The summed E-state index contributed by atoms with van der Waals surface area (Å²) in [6, 6.07) is 0. The summed E-state index contributed by atoms with van der Waals surface area (Å²) in [4.78, 5) is 7.89. The van der Waals surface area contributed by atoms with Crippen molar-refractivity contribution in [3.8, 4) is 5.88 Å². The molecule has 1 aliphatic rings. The van der Waals surface area contributed by atoms with Crippen LogP contribution < -0.4 is 4.74 Å². The fraction of sp³-hybridized carbons (Fsp3) is 0.600. The minimum Gasteiger partial charge on any atom is -0.477 e. The molecule has 3 nitrogen and oxygen atoms in total. The largest absolute Gasteiger partial charge is 0.477 e. The average Bonchev–Trinajstić information content (AvgIpc) is 2.95. The number of hydrogen-bond acceptors (Lipinski definition) is 3. The van der Waals surface area contributed by atoms with Crippen LogP contribution in [0, 0.1) is 12.8 Å². The lowest BCUT2D eigenvalue weighted by molar-refractivity contribution is 0.288. The number of halogens is 1. The average molecular weight is 213 g/mol. The van der Waals surface area contributed by atoms with Crippen molar-refractivity contribution in [1.82, 2.24) is 9.97 Å². The zero-order valence-electron chi connectivity index (χ0n) is 8.16. The first-order valence-corrected chi connectivity index (χ1v) is 5.25. The van der Waals surface area contributed by atoms with Crippen LogP contribution in [0.25, 0.3) is 0 Å². The highest BCUT2D eigenvalue weighted by atomic mass is 35.5. The van der Waals surface area contributed by atoms with Gasteiger partial charge in [-0.3, -0.25) is 0 Å². The first-order chi connectivity index (χ1) is 6.75. The summed E-state index contributed by atoms with van der Waals surface area (Å²) in [5.74, 6) is 1.50. The highest BCUT2D eigenvalue weighted by molar-refractivity contribution is 6.28. The van der Waals surface area contributed by atoms with Crippen LogP contribution in [0.4, 0.5) is 0 Å². The summed E-state index contributed by atoms with van der Waals surface area (Å²) < 4.78 is 5.53. The van der Waals surface area contributed by atoms with Crippen LogP contribution >= 0.6 is 11.6 Å². The molecule has 4 heteroatoms. The van der Waals surface area contributed by atoms with Crippen LogP contribution in [0.1, 0.15) is 24.8 Å². The summed E-state index contributed by atoms with van der Waals surface area (Å²) in [6.07, 6.45) is 5.52. The monoisotopic (exact) mass is 212 g/mol. The molecule has 0 unspecified atom stereocenters. The van der Waals surface area contributed by atoms with E-state index in [0.717, 1.165) is 24.5 Å². The summed E-state index contributed by atoms with van der Waals surface area (Å²) in [5.41, 5.74) is 0.935. The van der Waals surface area contributed by atoms with Gasteiger partial charge in [0.2, 0.25) is 11.2 Å². The molecule has 1 aromatic heterocycles. The van der Waals surface area contributed by atoms with E-state index >= 15 is 0 Å². The zero-order chi connectivity index (χ0) is 9.97. The number of rotatable bonds is 4. The molecule has 0 atom stereocenters. The SMILES string of the molecule is Cc1cnc(Cl)nc1OCCC1CC1. The molecule has 1 saturated carbocycles. The third-order valence-corrected chi connectivity index (χ3v) is 2.54. The molecule has 0 saturated heterocycles. The lowest BCUT2D eigenvalue weighted by Crippen LogP contribution is -2.02. The van der Waals surface area contributed by atoms with Crippen molar-refractivity contribution in [2.24, 2.45) is 5.92 Å². The Balaban J connectivity index is 1.89. The molecule has 0 radical (unpaired) electrons. The summed E-state index contributed by atoms with van der Waals surface area (Å²) in [6.45, 7) is 2.65. The first kappa shape index (κ1) is 9.71. The van der Waals surface area contributed by atoms with Gasteiger partial charge in [0.05, 0.1) is 6.61 Å². The lowest BCUT2D eigenvalue weighted by atomic mass is 10.3. The molecule has 1 fully saturated rings. The Hall–Kier alpha value is -0.830. The van der Waals surface area contributed by atoms with Crippen molar-refractivity contribution in [1.29, 1.82) is 0 Å². The van der Waals surface area contributed by atoms with E-state index < -0.39 is 0 Å². The standard InChI is InChI=1S/C10H13ClN2O/c1-7-6-12-10(11)13-9(7)14-5-4-8-2-3-8/h6,8H,2-5H2,1H3. The molecule has 2 rings (SSSR count). The predicted molar refractivity (Wildman–Crippen MR) is 54.6 cm³/mol.